The highest BCUT2D eigenvalue weighted by Gasteiger charge is 2.21. The summed E-state index contributed by atoms with van der Waals surface area (Å²) in [5, 5.41) is 2.89. The van der Waals surface area contributed by atoms with Crippen LogP contribution in [-0.4, -0.2) is 16.4 Å². The molecule has 1 aliphatic heterocycles. The summed E-state index contributed by atoms with van der Waals surface area (Å²) < 4.78 is 0. The molecule has 1 heterocycles. The molecule has 0 aromatic heterocycles. The van der Waals surface area contributed by atoms with E-state index in [1.165, 1.54) is 11.8 Å². The monoisotopic (exact) mass is 284 g/mol. The Kier molecular flexibility index (Phi) is 3.71. The molecule has 1 unspecified atom stereocenters. The van der Waals surface area contributed by atoms with Crippen LogP contribution in [0.3, 0.4) is 0 Å². The van der Waals surface area contributed by atoms with Crippen LogP contribution < -0.4 is 10.9 Å². The number of aliphatic imine (C=N–C) groups is 1. The van der Waals surface area contributed by atoms with E-state index in [9.17, 15) is 4.79 Å². The molecule has 0 bridgehead atoms. The van der Waals surface area contributed by atoms with Gasteiger partial charge >= 0.3 is 0 Å². The Labute approximate surface area is 121 Å². The number of carbonyl (C=O) groups excluding carboxylic acids is 1. The summed E-state index contributed by atoms with van der Waals surface area (Å²) in [5.74, 6) is -0.249. The van der Waals surface area contributed by atoms with E-state index in [2.05, 4.69) is 22.8 Å². The Morgan fingerprint density at radius 1 is 1.30 bits per heavy atom. The number of benzene rings is 2. The van der Waals surface area contributed by atoms with Gasteiger partial charge in [0.1, 0.15) is 0 Å². The summed E-state index contributed by atoms with van der Waals surface area (Å²) in [6, 6.07) is 13.6. The Hall–Kier alpha value is -1.85. The average Bonchev–Trinajstić information content (AvgIpc) is 2.94. The minimum atomic E-state index is -0.249. The van der Waals surface area contributed by atoms with Crippen LogP contribution in [0, 0.1) is 0 Å². The number of nitrogens with zero attached hydrogens (tertiary/aromatic N) is 2. The smallest absolute Gasteiger partial charge is 0.267 e. The Morgan fingerprint density at radius 3 is 2.85 bits per heavy atom. The van der Waals surface area contributed by atoms with Gasteiger partial charge in [0.2, 0.25) is 5.17 Å². The number of amidine groups is 1. The van der Waals surface area contributed by atoms with Crippen molar-refractivity contribution in [2.45, 2.75) is 18.7 Å². The standard InChI is InChI=1S/C15H14N3OS/c1-2-13-17-18-15(20-13)16-14(19)12-8-7-10-5-3-4-6-11(10)9-12/h3-9,13,17H,2H2,1H3. The molecule has 0 spiro atoms. The van der Waals surface area contributed by atoms with E-state index in [1.807, 2.05) is 36.4 Å². The first-order valence-electron chi connectivity index (χ1n) is 6.51. The molecule has 1 atom stereocenters. The largest absolute Gasteiger partial charge is 0.279 e. The number of thioether (sulfide) groups is 1. The second-order valence-electron chi connectivity index (χ2n) is 4.52. The van der Waals surface area contributed by atoms with Crippen molar-refractivity contribution in [1.82, 2.24) is 10.9 Å². The first kappa shape index (κ1) is 13.1. The molecule has 5 heteroatoms. The third-order valence-corrected chi connectivity index (χ3v) is 4.23. The zero-order chi connectivity index (χ0) is 13.9. The Morgan fingerprint density at radius 2 is 2.10 bits per heavy atom. The van der Waals surface area contributed by atoms with Crippen molar-refractivity contribution >= 4 is 33.6 Å². The average molecular weight is 284 g/mol. The molecule has 1 N–H and O–H groups in total. The second-order valence-corrected chi connectivity index (χ2v) is 5.69. The maximum Gasteiger partial charge on any atom is 0.279 e. The lowest BCUT2D eigenvalue weighted by molar-refractivity contribution is 0.100. The van der Waals surface area contributed by atoms with E-state index < -0.39 is 0 Å². The molecular weight excluding hydrogens is 270 g/mol. The topological polar surface area (TPSA) is 55.6 Å². The van der Waals surface area contributed by atoms with Crippen molar-refractivity contribution in [3.8, 4) is 0 Å². The van der Waals surface area contributed by atoms with E-state index >= 15 is 0 Å². The van der Waals surface area contributed by atoms with E-state index in [0.29, 0.717) is 10.7 Å². The first-order valence-corrected chi connectivity index (χ1v) is 7.39. The molecule has 2 aromatic carbocycles. The molecule has 4 nitrogen and oxygen atoms in total. The fraction of sp³-hybridized carbons (Fsp3) is 0.200. The third kappa shape index (κ3) is 2.69. The van der Waals surface area contributed by atoms with Crippen LogP contribution >= 0.6 is 11.8 Å². The maximum absolute atomic E-state index is 12.2. The summed E-state index contributed by atoms with van der Waals surface area (Å²) in [4.78, 5) is 16.2. The highest BCUT2D eigenvalue weighted by molar-refractivity contribution is 8.14. The highest BCUT2D eigenvalue weighted by Crippen LogP contribution is 2.20. The molecule has 1 aliphatic rings. The van der Waals surface area contributed by atoms with Crippen molar-refractivity contribution in [2.24, 2.45) is 4.99 Å². The molecule has 3 rings (SSSR count). The van der Waals surface area contributed by atoms with Crippen LogP contribution in [0.25, 0.3) is 10.8 Å². The molecule has 2 aromatic rings. The van der Waals surface area contributed by atoms with Crippen molar-refractivity contribution in [1.29, 1.82) is 0 Å². The van der Waals surface area contributed by atoms with E-state index in [4.69, 9.17) is 0 Å². The molecule has 0 saturated carbocycles. The van der Waals surface area contributed by atoms with Gasteiger partial charge in [0, 0.05) is 5.56 Å². The zero-order valence-electron chi connectivity index (χ0n) is 11.0. The SMILES string of the molecule is CCC1N[N]C(=NC(=O)c2ccc3ccccc3c2)S1. The number of hydrogen-bond donors (Lipinski definition) is 1. The Bertz CT molecular complexity index is 684. The molecule has 1 amide bonds. The summed E-state index contributed by atoms with van der Waals surface area (Å²) in [5.41, 5.74) is 7.60. The molecule has 1 fully saturated rings. The molecule has 0 aliphatic carbocycles. The van der Waals surface area contributed by atoms with Crippen LogP contribution in [0.2, 0.25) is 0 Å². The van der Waals surface area contributed by atoms with Crippen LogP contribution in [-0.2, 0) is 0 Å². The van der Waals surface area contributed by atoms with Gasteiger partial charge in [0.05, 0.1) is 5.37 Å². The molecule has 20 heavy (non-hydrogen) atoms. The van der Waals surface area contributed by atoms with Gasteiger partial charge in [-0.25, -0.2) is 0 Å². The van der Waals surface area contributed by atoms with Crippen LogP contribution in [0.5, 0.6) is 0 Å². The van der Waals surface area contributed by atoms with E-state index in [-0.39, 0.29) is 11.3 Å². The van der Waals surface area contributed by atoms with Crippen LogP contribution in [0.4, 0.5) is 0 Å². The summed E-state index contributed by atoms with van der Waals surface area (Å²) >= 11 is 1.49. The summed E-state index contributed by atoms with van der Waals surface area (Å²) in [6.45, 7) is 2.06. The van der Waals surface area contributed by atoms with Crippen molar-refractivity contribution in [2.75, 3.05) is 0 Å². The molecule has 101 valence electrons. The van der Waals surface area contributed by atoms with Gasteiger partial charge < -0.3 is 0 Å². The van der Waals surface area contributed by atoms with Gasteiger partial charge in [0.25, 0.3) is 5.91 Å². The predicted molar refractivity (Wildman–Crippen MR) is 82.7 cm³/mol. The molecule has 1 radical (unpaired) electrons. The lowest BCUT2D eigenvalue weighted by atomic mass is 10.1. The number of amides is 1. The number of fused-ring (bicyclic) bond motifs is 1. The van der Waals surface area contributed by atoms with E-state index in [1.54, 1.807) is 6.07 Å². The molecule has 1 saturated heterocycles. The lowest BCUT2D eigenvalue weighted by Gasteiger charge is -2.00. The minimum Gasteiger partial charge on any atom is -0.267 e. The maximum atomic E-state index is 12.2. The number of nitrogens with one attached hydrogen (secondary N) is 1. The minimum absolute atomic E-state index is 0.221. The van der Waals surface area contributed by atoms with Gasteiger partial charge in [0.15, 0.2) is 0 Å². The number of hydrogen-bond acceptors (Lipinski definition) is 3. The van der Waals surface area contributed by atoms with Gasteiger partial charge in [-0.3, -0.25) is 4.79 Å². The van der Waals surface area contributed by atoms with Gasteiger partial charge in [-0.15, -0.1) is 0 Å². The van der Waals surface area contributed by atoms with Crippen LogP contribution in [0.15, 0.2) is 47.5 Å². The second kappa shape index (κ2) is 5.64. The lowest BCUT2D eigenvalue weighted by Crippen LogP contribution is -2.24. The summed E-state index contributed by atoms with van der Waals surface area (Å²) in [6.07, 6.45) is 0.942. The van der Waals surface area contributed by atoms with Gasteiger partial charge in [-0.2, -0.15) is 15.8 Å². The highest BCUT2D eigenvalue weighted by atomic mass is 32.2. The summed E-state index contributed by atoms with van der Waals surface area (Å²) in [7, 11) is 0. The fourth-order valence-corrected chi connectivity index (χ4v) is 2.77. The Balaban J connectivity index is 1.84. The predicted octanol–water partition coefficient (Wildman–Crippen LogP) is 2.93. The van der Waals surface area contributed by atoms with Gasteiger partial charge in [-0.1, -0.05) is 49.0 Å². The number of rotatable bonds is 2. The zero-order valence-corrected chi connectivity index (χ0v) is 11.9. The van der Waals surface area contributed by atoms with Gasteiger partial charge in [-0.05, 0) is 29.3 Å². The third-order valence-electron chi connectivity index (χ3n) is 3.12. The van der Waals surface area contributed by atoms with E-state index in [0.717, 1.165) is 17.2 Å². The van der Waals surface area contributed by atoms with Crippen LogP contribution in [0.1, 0.15) is 23.7 Å². The van der Waals surface area contributed by atoms with Crippen molar-refractivity contribution < 1.29 is 4.79 Å². The fourth-order valence-electron chi connectivity index (χ4n) is 2.01. The quantitative estimate of drug-likeness (QED) is 0.922. The normalized spacial score (nSPS) is 20.2. The number of carbonyl (C=O) groups is 1. The first-order chi connectivity index (χ1) is 9.76. The van der Waals surface area contributed by atoms with Crippen molar-refractivity contribution in [3.63, 3.8) is 0 Å². The molecular formula is C15H14N3OS. The van der Waals surface area contributed by atoms with Crippen molar-refractivity contribution in [3.05, 3.63) is 48.0 Å².